The van der Waals surface area contributed by atoms with Crippen LogP contribution in [-0.4, -0.2) is 49.2 Å². The van der Waals surface area contributed by atoms with Gasteiger partial charge in [0.25, 0.3) is 5.91 Å². The largest absolute Gasteiger partial charge is 0.495 e. The van der Waals surface area contributed by atoms with Gasteiger partial charge in [0.2, 0.25) is 5.95 Å². The number of carbonyl (C=O) groups is 2. The summed E-state index contributed by atoms with van der Waals surface area (Å²) in [5.74, 6) is -0.261. The Hall–Kier alpha value is -2.87. The van der Waals surface area contributed by atoms with Gasteiger partial charge in [-0.3, -0.25) is 9.59 Å². The molecule has 0 saturated carbocycles. The highest BCUT2D eigenvalue weighted by atomic mass is 35.5. The summed E-state index contributed by atoms with van der Waals surface area (Å²) in [6, 6.07) is 4.96. The molecule has 0 aliphatic heterocycles. The molecule has 0 unspecified atom stereocenters. The molecular weight excluding hydrogens is 360 g/mol. The lowest BCUT2D eigenvalue weighted by Crippen LogP contribution is -2.30. The van der Waals surface area contributed by atoms with Gasteiger partial charge < -0.3 is 19.7 Å². The molecule has 1 N–H and O–H groups in total. The molecule has 0 aliphatic rings. The van der Waals surface area contributed by atoms with E-state index in [9.17, 15) is 9.59 Å². The van der Waals surface area contributed by atoms with Gasteiger partial charge in [-0.15, -0.1) is 0 Å². The lowest BCUT2D eigenvalue weighted by Gasteiger charge is -2.16. The van der Waals surface area contributed by atoms with Crippen LogP contribution < -0.4 is 15.0 Å². The topological polar surface area (TPSA) is 93.6 Å². The van der Waals surface area contributed by atoms with Gasteiger partial charge in [0.05, 0.1) is 12.8 Å². The van der Waals surface area contributed by atoms with E-state index in [0.717, 1.165) is 5.56 Å². The molecule has 1 aromatic carbocycles. The zero-order chi connectivity index (χ0) is 19.1. The van der Waals surface area contributed by atoms with Crippen LogP contribution in [0.4, 0.5) is 11.6 Å². The summed E-state index contributed by atoms with van der Waals surface area (Å²) in [6.07, 6.45) is 3.14. The molecule has 9 heteroatoms. The first-order valence-corrected chi connectivity index (χ1v) is 8.06. The number of methoxy groups -OCH3 is 1. The van der Waals surface area contributed by atoms with Crippen LogP contribution in [0.25, 0.3) is 0 Å². The van der Waals surface area contributed by atoms with Crippen LogP contribution in [0.5, 0.6) is 5.75 Å². The number of ether oxygens (including phenoxy) is 2. The number of anilines is 2. The zero-order valence-electron chi connectivity index (χ0n) is 14.7. The molecule has 0 spiro atoms. The number of amides is 1. The maximum absolute atomic E-state index is 12.0. The Bertz CT molecular complexity index is 786. The molecule has 2 rings (SSSR count). The van der Waals surface area contributed by atoms with Crippen molar-refractivity contribution in [3.63, 3.8) is 0 Å². The molecule has 2 aromatic rings. The van der Waals surface area contributed by atoms with Crippen molar-refractivity contribution < 1.29 is 19.1 Å². The first-order valence-electron chi connectivity index (χ1n) is 7.68. The van der Waals surface area contributed by atoms with Crippen LogP contribution >= 0.6 is 11.6 Å². The van der Waals surface area contributed by atoms with Crippen LogP contribution in [0.1, 0.15) is 5.56 Å². The molecule has 1 amide bonds. The van der Waals surface area contributed by atoms with Crippen molar-refractivity contribution in [2.75, 3.05) is 37.5 Å². The third-order valence-electron chi connectivity index (χ3n) is 3.38. The van der Waals surface area contributed by atoms with Crippen LogP contribution in [0.2, 0.25) is 5.02 Å². The fourth-order valence-electron chi connectivity index (χ4n) is 2.06. The second-order valence-corrected chi connectivity index (χ2v) is 5.82. The molecule has 138 valence electrons. The van der Waals surface area contributed by atoms with E-state index in [4.69, 9.17) is 21.1 Å². The zero-order valence-corrected chi connectivity index (χ0v) is 15.4. The number of carbonyl (C=O) groups excluding carboxylic acids is 2. The Balaban J connectivity index is 1.87. The van der Waals surface area contributed by atoms with Gasteiger partial charge in [-0.2, -0.15) is 0 Å². The Kier molecular flexibility index (Phi) is 6.74. The normalized spacial score (nSPS) is 10.2. The van der Waals surface area contributed by atoms with E-state index in [0.29, 0.717) is 22.4 Å². The second kappa shape index (κ2) is 9.00. The first-order chi connectivity index (χ1) is 12.4. The molecule has 26 heavy (non-hydrogen) atoms. The highest BCUT2D eigenvalue weighted by molar-refractivity contribution is 6.31. The number of aromatic nitrogens is 2. The molecule has 0 bridgehead atoms. The highest BCUT2D eigenvalue weighted by Gasteiger charge is 2.14. The SMILES string of the molecule is COc1cc(Cl)c(C)cc1NC(=O)COC(=O)CN(C)c1ncccn1. The highest BCUT2D eigenvalue weighted by Crippen LogP contribution is 2.30. The van der Waals surface area contributed by atoms with Crippen LogP contribution in [0, 0.1) is 6.92 Å². The van der Waals surface area contributed by atoms with E-state index in [1.807, 2.05) is 0 Å². The number of halogens is 1. The Morgan fingerprint density at radius 2 is 1.96 bits per heavy atom. The maximum Gasteiger partial charge on any atom is 0.326 e. The monoisotopic (exact) mass is 378 g/mol. The smallest absolute Gasteiger partial charge is 0.326 e. The number of likely N-dealkylation sites (N-methyl/N-ethyl adjacent to an activating group) is 1. The average molecular weight is 379 g/mol. The summed E-state index contributed by atoms with van der Waals surface area (Å²) in [7, 11) is 3.12. The predicted octanol–water partition coefficient (Wildman–Crippen LogP) is 2.07. The predicted molar refractivity (Wildman–Crippen MR) is 97.6 cm³/mol. The molecule has 0 aliphatic carbocycles. The minimum absolute atomic E-state index is 0.0827. The van der Waals surface area contributed by atoms with E-state index >= 15 is 0 Å². The second-order valence-electron chi connectivity index (χ2n) is 5.42. The molecule has 0 atom stereocenters. The molecule has 1 aromatic heterocycles. The van der Waals surface area contributed by atoms with E-state index < -0.39 is 18.5 Å². The quantitative estimate of drug-likeness (QED) is 0.737. The Morgan fingerprint density at radius 3 is 2.62 bits per heavy atom. The standard InChI is InChI=1S/C17H19ClN4O4/c1-11-7-13(14(25-3)8-12(11)18)21-15(23)10-26-16(24)9-22(2)17-19-5-4-6-20-17/h4-8H,9-10H2,1-3H3,(H,21,23). The van der Waals surface area contributed by atoms with Crippen LogP contribution in [-0.2, 0) is 14.3 Å². The fourth-order valence-corrected chi connectivity index (χ4v) is 2.21. The molecular formula is C17H19ClN4O4. The number of rotatable bonds is 7. The number of hydrogen-bond acceptors (Lipinski definition) is 7. The van der Waals surface area contributed by atoms with Crippen LogP contribution in [0.3, 0.4) is 0 Å². The Morgan fingerprint density at radius 1 is 1.27 bits per heavy atom. The van der Waals surface area contributed by atoms with Gasteiger partial charge in [-0.25, -0.2) is 9.97 Å². The van der Waals surface area contributed by atoms with E-state index in [1.54, 1.807) is 44.6 Å². The van der Waals surface area contributed by atoms with Crippen molar-refractivity contribution in [3.8, 4) is 5.75 Å². The fraction of sp³-hybridized carbons (Fsp3) is 0.294. The lowest BCUT2D eigenvalue weighted by atomic mass is 10.2. The van der Waals surface area contributed by atoms with Gasteiger partial charge in [-0.1, -0.05) is 11.6 Å². The summed E-state index contributed by atoms with van der Waals surface area (Å²) in [6.45, 7) is 1.30. The van der Waals surface area contributed by atoms with Crippen molar-refractivity contribution in [1.82, 2.24) is 9.97 Å². The summed E-state index contributed by atoms with van der Waals surface area (Å²) in [5, 5.41) is 3.16. The number of nitrogens with one attached hydrogen (secondary N) is 1. The number of benzene rings is 1. The minimum Gasteiger partial charge on any atom is -0.495 e. The minimum atomic E-state index is -0.575. The van der Waals surface area contributed by atoms with Crippen LogP contribution in [0.15, 0.2) is 30.6 Å². The van der Waals surface area contributed by atoms with Gasteiger partial charge in [0, 0.05) is 30.5 Å². The third-order valence-corrected chi connectivity index (χ3v) is 3.79. The number of esters is 1. The van der Waals surface area contributed by atoms with Crippen molar-refractivity contribution in [2.45, 2.75) is 6.92 Å². The summed E-state index contributed by atoms with van der Waals surface area (Å²) < 4.78 is 10.2. The summed E-state index contributed by atoms with van der Waals surface area (Å²) in [4.78, 5) is 33.4. The average Bonchev–Trinajstić information content (AvgIpc) is 2.63. The van der Waals surface area contributed by atoms with E-state index in [2.05, 4.69) is 15.3 Å². The van der Waals surface area contributed by atoms with Crippen molar-refractivity contribution in [1.29, 1.82) is 0 Å². The first kappa shape index (κ1) is 19.5. The maximum atomic E-state index is 12.0. The van der Waals surface area contributed by atoms with Gasteiger partial charge >= 0.3 is 5.97 Å². The number of hydrogen-bond donors (Lipinski definition) is 1. The summed E-state index contributed by atoms with van der Waals surface area (Å²) >= 11 is 6.03. The van der Waals surface area contributed by atoms with E-state index in [1.165, 1.54) is 12.0 Å². The molecule has 8 nitrogen and oxygen atoms in total. The van der Waals surface area contributed by atoms with Gasteiger partial charge in [0.15, 0.2) is 6.61 Å². The van der Waals surface area contributed by atoms with Crippen molar-refractivity contribution in [2.24, 2.45) is 0 Å². The summed E-state index contributed by atoms with van der Waals surface area (Å²) in [5.41, 5.74) is 1.23. The van der Waals surface area contributed by atoms with Gasteiger partial charge in [0.1, 0.15) is 12.3 Å². The number of nitrogens with zero attached hydrogens (tertiary/aromatic N) is 3. The molecule has 1 heterocycles. The van der Waals surface area contributed by atoms with E-state index in [-0.39, 0.29) is 6.54 Å². The van der Waals surface area contributed by atoms with Gasteiger partial charge in [-0.05, 0) is 24.6 Å². The number of aryl methyl sites for hydroxylation is 1. The molecule has 0 saturated heterocycles. The third kappa shape index (κ3) is 5.32. The molecule has 0 fully saturated rings. The Labute approximate surface area is 156 Å². The molecule has 0 radical (unpaired) electrons. The van der Waals surface area contributed by atoms with Crippen molar-refractivity contribution in [3.05, 3.63) is 41.2 Å². The lowest BCUT2D eigenvalue weighted by molar-refractivity contribution is -0.145. The van der Waals surface area contributed by atoms with Crippen molar-refractivity contribution >= 4 is 35.1 Å².